The fourth-order valence-corrected chi connectivity index (χ4v) is 2.82. The van der Waals surface area contributed by atoms with Gasteiger partial charge < -0.3 is 19.8 Å². The summed E-state index contributed by atoms with van der Waals surface area (Å²) in [4.78, 5) is 30.8. The molecule has 0 spiro atoms. The molecule has 0 fully saturated rings. The number of aryl methyl sites for hydroxylation is 1. The third kappa shape index (κ3) is 5.21. The van der Waals surface area contributed by atoms with Crippen LogP contribution in [0.1, 0.15) is 22.5 Å². The van der Waals surface area contributed by atoms with E-state index in [4.69, 9.17) is 4.74 Å². The van der Waals surface area contributed by atoms with Crippen LogP contribution in [0.4, 0.5) is 4.79 Å². The normalized spacial score (nSPS) is 12.5. The Balaban J connectivity index is 2.04. The molecule has 2 rings (SSSR count). The van der Waals surface area contributed by atoms with Crippen molar-refractivity contribution in [2.75, 3.05) is 0 Å². The predicted octanol–water partition coefficient (Wildman–Crippen LogP) is 3.10. The number of benzene rings is 2. The van der Waals surface area contributed by atoms with Gasteiger partial charge in [0, 0.05) is 0 Å². The molecule has 0 heterocycles. The molecule has 0 saturated carbocycles. The first-order valence-electron chi connectivity index (χ1n) is 6.95. The van der Waals surface area contributed by atoms with Crippen molar-refractivity contribution < 1.29 is 23.9 Å². The molecule has 122 valence electrons. The maximum absolute atomic E-state index is 11.8. The van der Waals surface area contributed by atoms with Gasteiger partial charge in [-0.25, -0.2) is 4.79 Å². The lowest BCUT2D eigenvalue weighted by Gasteiger charge is -2.20. The van der Waals surface area contributed by atoms with Gasteiger partial charge in [-0.2, -0.15) is 0 Å². The van der Waals surface area contributed by atoms with Crippen molar-refractivity contribution in [3.8, 4) is 0 Å². The molecule has 0 aliphatic carbocycles. The lowest BCUT2D eigenvalue weighted by atomic mass is 10.1. The molecule has 0 bridgehead atoms. The number of nitrogens with one attached hydrogen (secondary N) is 1. The van der Waals surface area contributed by atoms with E-state index in [1.807, 2.05) is 13.0 Å². The average Bonchev–Trinajstić information content (AvgIpc) is 2.52. The summed E-state index contributed by atoms with van der Waals surface area (Å²) in [6.45, 7) is 1.88. The van der Waals surface area contributed by atoms with Crippen molar-refractivity contribution in [2.45, 2.75) is 19.3 Å². The van der Waals surface area contributed by atoms with Crippen LogP contribution in [0.3, 0.4) is 0 Å². The average molecular weight is 335 g/mol. The minimum atomic E-state index is -4.57. The summed E-state index contributed by atoms with van der Waals surface area (Å²) >= 11 is 0. The number of carbonyl (C=O) groups excluding carboxylic acids is 1. The van der Waals surface area contributed by atoms with Gasteiger partial charge in [0.05, 0.1) is 0 Å². The van der Waals surface area contributed by atoms with Crippen molar-refractivity contribution in [1.82, 2.24) is 5.32 Å². The molecular weight excluding hydrogens is 317 g/mol. The highest BCUT2D eigenvalue weighted by Gasteiger charge is 2.32. The van der Waals surface area contributed by atoms with Gasteiger partial charge in [-0.05, 0) is 18.1 Å². The smallest absolute Gasteiger partial charge is 0.408 e. The van der Waals surface area contributed by atoms with Gasteiger partial charge in [0.1, 0.15) is 6.61 Å². The molecule has 3 N–H and O–H groups in total. The van der Waals surface area contributed by atoms with Crippen LogP contribution < -0.4 is 5.32 Å². The number of amides is 1. The standard InChI is InChI=1S/C16H18NO5P/c1-12-7-9-14(10-8-12)15(23(19,20)21)17-16(18)22-11-13-5-3-2-4-6-13/h2-10,15H,11H2,1H3,(H,17,18)(H2,19,20,21). The number of hydrogen-bond donors (Lipinski definition) is 3. The minimum absolute atomic E-state index is 0.0223. The summed E-state index contributed by atoms with van der Waals surface area (Å²) in [6, 6.07) is 15.6. The Labute approximate surface area is 134 Å². The number of hydrogen-bond acceptors (Lipinski definition) is 3. The lowest BCUT2D eigenvalue weighted by molar-refractivity contribution is 0.137. The van der Waals surface area contributed by atoms with Crippen molar-refractivity contribution >= 4 is 13.7 Å². The number of ether oxygens (including phenoxy) is 1. The maximum atomic E-state index is 11.8. The first-order valence-corrected chi connectivity index (χ1v) is 8.63. The molecule has 6 nitrogen and oxygen atoms in total. The fraction of sp³-hybridized carbons (Fsp3) is 0.188. The highest BCUT2D eigenvalue weighted by atomic mass is 31.2. The van der Waals surface area contributed by atoms with Crippen molar-refractivity contribution in [3.05, 3.63) is 71.3 Å². The van der Waals surface area contributed by atoms with Gasteiger partial charge >= 0.3 is 13.7 Å². The van der Waals surface area contributed by atoms with Crippen LogP contribution in [0.5, 0.6) is 0 Å². The number of rotatable bonds is 5. The van der Waals surface area contributed by atoms with Crippen LogP contribution in [0.25, 0.3) is 0 Å². The summed E-state index contributed by atoms with van der Waals surface area (Å²) in [5.74, 6) is -1.44. The second-order valence-corrected chi connectivity index (χ2v) is 6.80. The summed E-state index contributed by atoms with van der Waals surface area (Å²) in [6.07, 6.45) is -0.886. The summed E-state index contributed by atoms with van der Waals surface area (Å²) in [7, 11) is -4.57. The molecular formula is C16H18NO5P. The van der Waals surface area contributed by atoms with E-state index in [9.17, 15) is 19.1 Å². The SMILES string of the molecule is Cc1ccc(C(NC(=O)OCc2ccccc2)P(=O)(O)O)cc1. The summed E-state index contributed by atoms with van der Waals surface area (Å²) in [5.41, 5.74) is 2.05. The van der Waals surface area contributed by atoms with E-state index < -0.39 is 19.5 Å². The maximum Gasteiger partial charge on any atom is 0.408 e. The van der Waals surface area contributed by atoms with Crippen LogP contribution in [-0.4, -0.2) is 15.9 Å². The molecule has 1 atom stereocenters. The molecule has 0 saturated heterocycles. The molecule has 2 aromatic rings. The monoisotopic (exact) mass is 335 g/mol. The van der Waals surface area contributed by atoms with Crippen LogP contribution in [0.15, 0.2) is 54.6 Å². The zero-order valence-electron chi connectivity index (χ0n) is 12.5. The van der Waals surface area contributed by atoms with Gasteiger partial charge in [0.2, 0.25) is 0 Å². The quantitative estimate of drug-likeness (QED) is 0.730. The number of carbonyl (C=O) groups is 1. The fourth-order valence-electron chi connectivity index (χ4n) is 1.99. The summed E-state index contributed by atoms with van der Waals surface area (Å²) in [5, 5.41) is 2.24. The van der Waals surface area contributed by atoms with E-state index in [0.717, 1.165) is 11.1 Å². The van der Waals surface area contributed by atoms with E-state index >= 15 is 0 Å². The molecule has 1 unspecified atom stereocenters. The van der Waals surface area contributed by atoms with Crippen LogP contribution >= 0.6 is 7.60 Å². The largest absolute Gasteiger partial charge is 0.445 e. The first kappa shape index (κ1) is 17.2. The Morgan fingerprint density at radius 1 is 1.13 bits per heavy atom. The molecule has 23 heavy (non-hydrogen) atoms. The van der Waals surface area contributed by atoms with E-state index in [1.54, 1.807) is 48.5 Å². The second-order valence-electron chi connectivity index (χ2n) is 5.11. The Morgan fingerprint density at radius 3 is 2.30 bits per heavy atom. The first-order chi connectivity index (χ1) is 10.9. The van der Waals surface area contributed by atoms with Crippen LogP contribution in [0.2, 0.25) is 0 Å². The molecule has 0 aliphatic heterocycles. The van der Waals surface area contributed by atoms with E-state index in [0.29, 0.717) is 5.56 Å². The lowest BCUT2D eigenvalue weighted by Crippen LogP contribution is -2.29. The molecule has 0 radical (unpaired) electrons. The van der Waals surface area contributed by atoms with Crippen LogP contribution in [0, 0.1) is 6.92 Å². The highest BCUT2D eigenvalue weighted by Crippen LogP contribution is 2.49. The molecule has 0 aliphatic rings. The second kappa shape index (κ2) is 7.42. The van der Waals surface area contributed by atoms with Gasteiger partial charge in [0.25, 0.3) is 0 Å². The Kier molecular flexibility index (Phi) is 5.55. The van der Waals surface area contributed by atoms with Crippen molar-refractivity contribution in [3.63, 3.8) is 0 Å². The zero-order valence-corrected chi connectivity index (χ0v) is 13.4. The van der Waals surface area contributed by atoms with Gasteiger partial charge in [-0.3, -0.25) is 4.57 Å². The molecule has 0 aromatic heterocycles. The molecule has 7 heteroatoms. The van der Waals surface area contributed by atoms with Gasteiger partial charge in [-0.15, -0.1) is 0 Å². The van der Waals surface area contributed by atoms with Gasteiger partial charge in [-0.1, -0.05) is 60.2 Å². The van der Waals surface area contributed by atoms with Crippen molar-refractivity contribution in [2.24, 2.45) is 0 Å². The third-order valence-electron chi connectivity index (χ3n) is 3.20. The van der Waals surface area contributed by atoms with E-state index in [2.05, 4.69) is 5.32 Å². The minimum Gasteiger partial charge on any atom is -0.445 e. The Morgan fingerprint density at radius 2 is 1.74 bits per heavy atom. The highest BCUT2D eigenvalue weighted by molar-refractivity contribution is 7.52. The van der Waals surface area contributed by atoms with E-state index in [1.165, 1.54) is 0 Å². The zero-order chi connectivity index (χ0) is 16.9. The van der Waals surface area contributed by atoms with E-state index in [-0.39, 0.29) is 6.61 Å². The van der Waals surface area contributed by atoms with Crippen molar-refractivity contribution in [1.29, 1.82) is 0 Å². The third-order valence-corrected chi connectivity index (χ3v) is 4.30. The van der Waals surface area contributed by atoms with Crippen LogP contribution in [-0.2, 0) is 15.9 Å². The molecule has 1 amide bonds. The number of alkyl carbamates (subject to hydrolysis) is 1. The van der Waals surface area contributed by atoms with Gasteiger partial charge in [0.15, 0.2) is 5.78 Å². The summed E-state index contributed by atoms with van der Waals surface area (Å²) < 4.78 is 16.7. The Bertz CT molecular complexity index is 696. The molecule has 2 aromatic carbocycles. The predicted molar refractivity (Wildman–Crippen MR) is 85.7 cm³/mol. The Hall–Kier alpha value is -2.14. The topological polar surface area (TPSA) is 95.9 Å².